The van der Waals surface area contributed by atoms with Gasteiger partial charge < -0.3 is 13.9 Å². The summed E-state index contributed by atoms with van der Waals surface area (Å²) in [4.78, 5) is 11.5. The van der Waals surface area contributed by atoms with E-state index in [2.05, 4.69) is 0 Å². The molecule has 29 heavy (non-hydrogen) atoms. The van der Waals surface area contributed by atoms with Crippen molar-refractivity contribution in [1.29, 1.82) is 0 Å². The van der Waals surface area contributed by atoms with Gasteiger partial charge in [0.05, 0.1) is 11.4 Å². The second-order valence-corrected chi connectivity index (χ2v) is 8.75. The molecule has 8 heteroatoms. The molecule has 0 saturated carbocycles. The lowest BCUT2D eigenvalue weighted by molar-refractivity contribution is 0.0764. The normalized spacial score (nSPS) is 16.3. The molecule has 7 nitrogen and oxygen atoms in total. The first-order valence-corrected chi connectivity index (χ1v) is 10.8. The maximum atomic E-state index is 13.3. The van der Waals surface area contributed by atoms with E-state index in [-0.39, 0.29) is 18.0 Å². The van der Waals surface area contributed by atoms with Gasteiger partial charge in [-0.15, -0.1) is 0 Å². The summed E-state index contributed by atoms with van der Waals surface area (Å²) in [5.41, 5.74) is -0.130. The highest BCUT2D eigenvalue weighted by Gasteiger charge is 2.30. The van der Waals surface area contributed by atoms with Crippen molar-refractivity contribution < 1.29 is 22.3 Å². The van der Waals surface area contributed by atoms with Crippen LogP contribution in [0.5, 0.6) is 11.5 Å². The minimum Gasteiger partial charge on any atom is -0.486 e. The molecule has 2 heterocycles. The zero-order valence-electron chi connectivity index (χ0n) is 15.9. The van der Waals surface area contributed by atoms with Gasteiger partial charge in [-0.1, -0.05) is 19.1 Å². The average molecular weight is 415 g/mol. The molecule has 0 N–H and O–H groups in total. The Balaban J connectivity index is 1.60. The number of hydrogen-bond acceptors (Lipinski definition) is 6. The summed E-state index contributed by atoms with van der Waals surface area (Å²) in [7, 11) is -3.76. The minimum atomic E-state index is -3.76. The second-order valence-electron chi connectivity index (χ2n) is 6.81. The van der Waals surface area contributed by atoms with E-state index in [1.54, 1.807) is 12.1 Å². The quantitative estimate of drug-likeness (QED) is 0.575. The lowest BCUT2D eigenvalue weighted by atomic mass is 10.2. The van der Waals surface area contributed by atoms with Crippen molar-refractivity contribution in [2.45, 2.75) is 24.3 Å². The van der Waals surface area contributed by atoms with E-state index in [0.717, 1.165) is 0 Å². The number of sulfonamides is 1. The zero-order chi connectivity index (χ0) is 20.4. The molecule has 1 aromatic heterocycles. The fourth-order valence-electron chi connectivity index (χ4n) is 3.30. The topological polar surface area (TPSA) is 86.1 Å². The van der Waals surface area contributed by atoms with Crippen molar-refractivity contribution in [3.8, 4) is 11.5 Å². The second kappa shape index (κ2) is 7.88. The first-order chi connectivity index (χ1) is 14.0. The molecule has 1 aliphatic rings. The van der Waals surface area contributed by atoms with Gasteiger partial charge in [0.2, 0.25) is 10.0 Å². The van der Waals surface area contributed by atoms with Gasteiger partial charge in [0.25, 0.3) is 0 Å². The average Bonchev–Trinajstić information content (AvgIpc) is 2.73. The number of ether oxygens (including phenoxy) is 2. The number of para-hydroxylation sites is 2. The highest BCUT2D eigenvalue weighted by Crippen LogP contribution is 2.31. The summed E-state index contributed by atoms with van der Waals surface area (Å²) in [6.07, 6.45) is 0.246. The van der Waals surface area contributed by atoms with Gasteiger partial charge in [0.15, 0.2) is 11.5 Å². The van der Waals surface area contributed by atoms with Crippen molar-refractivity contribution in [3.63, 3.8) is 0 Å². The van der Waals surface area contributed by atoms with Crippen LogP contribution < -0.4 is 15.1 Å². The smallest absolute Gasteiger partial charge is 0.336 e. The van der Waals surface area contributed by atoms with E-state index in [0.29, 0.717) is 35.4 Å². The van der Waals surface area contributed by atoms with Gasteiger partial charge in [0, 0.05) is 18.0 Å². The summed E-state index contributed by atoms with van der Waals surface area (Å²) in [5.74, 6) is 1.27. The molecule has 0 amide bonds. The summed E-state index contributed by atoms with van der Waals surface area (Å²) < 4.78 is 44.7. The van der Waals surface area contributed by atoms with Gasteiger partial charge in [-0.2, -0.15) is 4.31 Å². The monoisotopic (exact) mass is 415 g/mol. The third kappa shape index (κ3) is 3.99. The van der Waals surface area contributed by atoms with Crippen LogP contribution in [0, 0.1) is 0 Å². The molecule has 0 aliphatic carbocycles. The lowest BCUT2D eigenvalue weighted by Crippen LogP contribution is -2.44. The Hall–Kier alpha value is -2.84. The van der Waals surface area contributed by atoms with E-state index in [4.69, 9.17) is 13.9 Å². The predicted molar refractivity (Wildman–Crippen MR) is 108 cm³/mol. The standard InChI is InChI=1S/C21H21NO6S/c1-2-11-22(13-16-14-26-19-5-3-4-6-20(19)27-16)29(24,25)17-8-9-18-15(12-17)7-10-21(23)28-18/h3-10,12,16H,2,11,13-14H2,1H3/t16-/m0/s1. The zero-order valence-corrected chi connectivity index (χ0v) is 16.7. The van der Waals surface area contributed by atoms with Crippen LogP contribution in [0.3, 0.4) is 0 Å². The molecule has 0 radical (unpaired) electrons. The van der Waals surface area contributed by atoms with Crippen molar-refractivity contribution in [1.82, 2.24) is 4.31 Å². The number of benzene rings is 2. The Bertz CT molecular complexity index is 1190. The van der Waals surface area contributed by atoms with E-state index < -0.39 is 21.8 Å². The van der Waals surface area contributed by atoms with E-state index in [9.17, 15) is 13.2 Å². The molecule has 1 aliphatic heterocycles. The summed E-state index contributed by atoms with van der Waals surface area (Å²) in [5, 5.41) is 0.549. The molecule has 3 aromatic rings. The molecule has 2 aromatic carbocycles. The van der Waals surface area contributed by atoms with Crippen molar-refractivity contribution in [2.75, 3.05) is 19.7 Å². The molecule has 0 saturated heterocycles. The van der Waals surface area contributed by atoms with Crippen LogP contribution in [0.15, 0.2) is 68.7 Å². The Morgan fingerprint density at radius 2 is 1.86 bits per heavy atom. The summed E-state index contributed by atoms with van der Waals surface area (Å²) in [6.45, 7) is 2.72. The van der Waals surface area contributed by atoms with Crippen LogP contribution in [-0.2, 0) is 10.0 Å². The Labute approximate surface area is 168 Å². The number of nitrogens with zero attached hydrogens (tertiary/aromatic N) is 1. The maximum Gasteiger partial charge on any atom is 0.336 e. The summed E-state index contributed by atoms with van der Waals surface area (Å²) in [6, 6.07) is 14.6. The fraction of sp³-hybridized carbons (Fsp3) is 0.286. The van der Waals surface area contributed by atoms with Crippen LogP contribution in [0.1, 0.15) is 13.3 Å². The molecule has 0 bridgehead atoms. The van der Waals surface area contributed by atoms with Crippen molar-refractivity contribution in [2.24, 2.45) is 0 Å². The predicted octanol–water partition coefficient (Wildman–Crippen LogP) is 3.03. The maximum absolute atomic E-state index is 13.3. The minimum absolute atomic E-state index is 0.143. The van der Waals surface area contributed by atoms with E-state index in [1.807, 2.05) is 25.1 Å². The molecule has 0 fully saturated rings. The molecule has 1 atom stereocenters. The molecular formula is C21H21NO6S. The van der Waals surface area contributed by atoms with E-state index >= 15 is 0 Å². The number of rotatable bonds is 6. The van der Waals surface area contributed by atoms with Gasteiger partial charge in [-0.05, 0) is 42.8 Å². The molecular weight excluding hydrogens is 394 g/mol. The molecule has 0 unspecified atom stereocenters. The van der Waals surface area contributed by atoms with Crippen LogP contribution in [0.2, 0.25) is 0 Å². The largest absolute Gasteiger partial charge is 0.486 e. The number of fused-ring (bicyclic) bond motifs is 2. The van der Waals surface area contributed by atoms with Crippen LogP contribution in [0.4, 0.5) is 0 Å². The molecule has 4 rings (SSSR count). The molecule has 0 spiro atoms. The summed E-state index contributed by atoms with van der Waals surface area (Å²) >= 11 is 0. The third-order valence-corrected chi connectivity index (χ3v) is 6.54. The Morgan fingerprint density at radius 3 is 2.66 bits per heavy atom. The van der Waals surface area contributed by atoms with Crippen LogP contribution in [0.25, 0.3) is 11.0 Å². The van der Waals surface area contributed by atoms with Gasteiger partial charge in [0.1, 0.15) is 18.3 Å². The Morgan fingerprint density at radius 1 is 1.07 bits per heavy atom. The number of hydrogen-bond donors (Lipinski definition) is 0. The van der Waals surface area contributed by atoms with E-state index in [1.165, 1.54) is 28.6 Å². The SMILES string of the molecule is CCCN(C[C@H]1COc2ccccc2O1)S(=O)(=O)c1ccc2oc(=O)ccc2c1. The molecule has 152 valence electrons. The van der Waals surface area contributed by atoms with Crippen LogP contribution in [-0.4, -0.2) is 38.5 Å². The lowest BCUT2D eigenvalue weighted by Gasteiger charge is -2.30. The van der Waals surface area contributed by atoms with Gasteiger partial charge in [-0.25, -0.2) is 13.2 Å². The first-order valence-electron chi connectivity index (χ1n) is 9.40. The highest BCUT2D eigenvalue weighted by molar-refractivity contribution is 7.89. The third-order valence-electron chi connectivity index (χ3n) is 4.68. The van der Waals surface area contributed by atoms with Crippen molar-refractivity contribution in [3.05, 3.63) is 65.0 Å². The highest BCUT2D eigenvalue weighted by atomic mass is 32.2. The first kappa shape index (κ1) is 19.5. The van der Waals surface area contributed by atoms with Crippen molar-refractivity contribution >= 4 is 21.0 Å². The fourth-order valence-corrected chi connectivity index (χ4v) is 4.90. The van der Waals surface area contributed by atoms with Crippen LogP contribution >= 0.6 is 0 Å². The Kier molecular flexibility index (Phi) is 5.29. The van der Waals surface area contributed by atoms with Gasteiger partial charge >= 0.3 is 5.63 Å². The van der Waals surface area contributed by atoms with Gasteiger partial charge in [-0.3, -0.25) is 0 Å².